The second-order valence-electron chi connectivity index (χ2n) is 3.69. The Hall–Kier alpha value is -2.63. The number of rotatable bonds is 3. The summed E-state index contributed by atoms with van der Waals surface area (Å²) >= 11 is 0. The minimum absolute atomic E-state index is 0.0350. The highest BCUT2D eigenvalue weighted by atomic mass is 16.6. The zero-order valence-electron chi connectivity index (χ0n) is 9.54. The van der Waals surface area contributed by atoms with Gasteiger partial charge in [0.15, 0.2) is 5.76 Å². The van der Waals surface area contributed by atoms with Crippen molar-refractivity contribution in [1.82, 2.24) is 0 Å². The van der Waals surface area contributed by atoms with Crippen molar-refractivity contribution in [3.05, 3.63) is 58.0 Å². The van der Waals surface area contributed by atoms with Gasteiger partial charge in [-0.1, -0.05) is 6.07 Å². The van der Waals surface area contributed by atoms with Gasteiger partial charge in [0, 0.05) is 17.3 Å². The molecular weight excluding hydrogens is 236 g/mol. The highest BCUT2D eigenvalue weighted by Crippen LogP contribution is 2.22. The number of anilines is 1. The molecule has 2 aromatic rings. The van der Waals surface area contributed by atoms with Crippen molar-refractivity contribution < 1.29 is 14.1 Å². The van der Waals surface area contributed by atoms with Gasteiger partial charge >= 0.3 is 0 Å². The van der Waals surface area contributed by atoms with E-state index >= 15 is 0 Å². The van der Waals surface area contributed by atoms with Crippen molar-refractivity contribution in [1.29, 1.82) is 0 Å². The van der Waals surface area contributed by atoms with Crippen LogP contribution in [0, 0.1) is 17.0 Å². The third-order valence-electron chi connectivity index (χ3n) is 2.41. The van der Waals surface area contributed by atoms with Gasteiger partial charge in [0.25, 0.3) is 11.6 Å². The molecule has 0 fully saturated rings. The molecule has 0 aliphatic heterocycles. The Bertz CT molecular complexity index is 590. The number of nitrogens with one attached hydrogen (secondary N) is 1. The van der Waals surface area contributed by atoms with Crippen LogP contribution in [0.4, 0.5) is 11.4 Å². The lowest BCUT2D eigenvalue weighted by molar-refractivity contribution is -0.385. The monoisotopic (exact) mass is 246 g/mol. The van der Waals surface area contributed by atoms with Crippen LogP contribution in [0.3, 0.4) is 0 Å². The fraction of sp³-hybridized carbons (Fsp3) is 0.0833. The van der Waals surface area contributed by atoms with Gasteiger partial charge < -0.3 is 9.73 Å². The molecule has 1 N–H and O–H groups in total. The van der Waals surface area contributed by atoms with Crippen LogP contribution >= 0.6 is 0 Å². The van der Waals surface area contributed by atoms with Gasteiger partial charge in [-0.15, -0.1) is 0 Å². The van der Waals surface area contributed by atoms with Gasteiger partial charge in [0.1, 0.15) is 0 Å². The third kappa shape index (κ3) is 2.37. The average molecular weight is 246 g/mol. The zero-order chi connectivity index (χ0) is 13.1. The van der Waals surface area contributed by atoms with Crippen LogP contribution in [0.15, 0.2) is 41.0 Å². The summed E-state index contributed by atoms with van der Waals surface area (Å²) in [4.78, 5) is 21.9. The highest BCUT2D eigenvalue weighted by Gasteiger charge is 2.14. The van der Waals surface area contributed by atoms with E-state index in [9.17, 15) is 14.9 Å². The number of nitro groups is 1. The first-order chi connectivity index (χ1) is 8.58. The molecule has 6 nitrogen and oxygen atoms in total. The second-order valence-corrected chi connectivity index (χ2v) is 3.69. The van der Waals surface area contributed by atoms with E-state index in [1.807, 2.05) is 0 Å². The fourth-order valence-electron chi connectivity index (χ4n) is 1.48. The SMILES string of the molecule is Cc1ccc(NC(=O)c2ccco2)cc1[N+](=O)[O-]. The van der Waals surface area contributed by atoms with Gasteiger partial charge in [-0.05, 0) is 25.1 Å². The van der Waals surface area contributed by atoms with Crippen LogP contribution in [-0.2, 0) is 0 Å². The Balaban J connectivity index is 2.22. The maximum absolute atomic E-state index is 11.7. The summed E-state index contributed by atoms with van der Waals surface area (Å²) in [5.41, 5.74) is 0.858. The molecule has 6 heteroatoms. The quantitative estimate of drug-likeness (QED) is 0.666. The molecule has 1 aromatic carbocycles. The Labute approximate surface area is 102 Å². The zero-order valence-corrected chi connectivity index (χ0v) is 9.54. The minimum Gasteiger partial charge on any atom is -0.459 e. The van der Waals surface area contributed by atoms with E-state index in [1.165, 1.54) is 18.4 Å². The first-order valence-electron chi connectivity index (χ1n) is 5.18. The summed E-state index contributed by atoms with van der Waals surface area (Å²) in [6.07, 6.45) is 1.38. The molecular formula is C12H10N2O4. The standard InChI is InChI=1S/C12H10N2O4/c1-8-4-5-9(7-10(8)14(16)17)13-12(15)11-3-2-6-18-11/h2-7H,1H3,(H,13,15). The fourth-order valence-corrected chi connectivity index (χ4v) is 1.48. The highest BCUT2D eigenvalue weighted by molar-refractivity contribution is 6.02. The molecule has 0 atom stereocenters. The van der Waals surface area contributed by atoms with E-state index in [2.05, 4.69) is 5.32 Å². The molecule has 0 aliphatic rings. The van der Waals surface area contributed by atoms with Crippen LogP contribution in [0.2, 0.25) is 0 Å². The van der Waals surface area contributed by atoms with Crippen LogP contribution in [-0.4, -0.2) is 10.8 Å². The molecule has 0 aliphatic carbocycles. The lowest BCUT2D eigenvalue weighted by atomic mass is 10.2. The molecule has 2 rings (SSSR count). The van der Waals surface area contributed by atoms with Gasteiger partial charge in [0.2, 0.25) is 0 Å². The van der Waals surface area contributed by atoms with Crippen LogP contribution in [0.1, 0.15) is 16.1 Å². The van der Waals surface area contributed by atoms with Crippen LogP contribution in [0.25, 0.3) is 0 Å². The van der Waals surface area contributed by atoms with Gasteiger partial charge in [-0.25, -0.2) is 0 Å². The lowest BCUT2D eigenvalue weighted by Gasteiger charge is -2.04. The lowest BCUT2D eigenvalue weighted by Crippen LogP contribution is -2.11. The van der Waals surface area contributed by atoms with E-state index in [0.29, 0.717) is 11.3 Å². The molecule has 0 saturated heterocycles. The van der Waals surface area contributed by atoms with Crippen LogP contribution in [0.5, 0.6) is 0 Å². The van der Waals surface area contributed by atoms with Crippen molar-refractivity contribution in [2.24, 2.45) is 0 Å². The van der Waals surface area contributed by atoms with Crippen molar-refractivity contribution in [2.75, 3.05) is 5.32 Å². The van der Waals surface area contributed by atoms with E-state index in [-0.39, 0.29) is 11.4 Å². The molecule has 0 bridgehead atoms. The van der Waals surface area contributed by atoms with Crippen molar-refractivity contribution in [2.45, 2.75) is 6.92 Å². The number of aryl methyl sites for hydroxylation is 1. The summed E-state index contributed by atoms with van der Waals surface area (Å²) in [6, 6.07) is 7.60. The number of nitro benzene ring substituents is 1. The maximum Gasteiger partial charge on any atom is 0.291 e. The van der Waals surface area contributed by atoms with E-state index in [1.54, 1.807) is 25.1 Å². The molecule has 0 radical (unpaired) electrons. The Morgan fingerprint density at radius 2 is 2.17 bits per heavy atom. The van der Waals surface area contributed by atoms with Crippen molar-refractivity contribution in [3.8, 4) is 0 Å². The number of amides is 1. The second kappa shape index (κ2) is 4.70. The molecule has 1 heterocycles. The molecule has 1 amide bonds. The molecule has 92 valence electrons. The summed E-state index contributed by atoms with van der Waals surface area (Å²) in [5.74, 6) is -0.295. The van der Waals surface area contributed by atoms with E-state index in [4.69, 9.17) is 4.42 Å². The largest absolute Gasteiger partial charge is 0.459 e. The summed E-state index contributed by atoms with van der Waals surface area (Å²) in [7, 11) is 0. The maximum atomic E-state index is 11.7. The molecule has 0 saturated carbocycles. The number of carbonyl (C=O) groups excluding carboxylic acids is 1. The Kier molecular flexibility index (Phi) is 3.09. The molecule has 0 spiro atoms. The summed E-state index contributed by atoms with van der Waals surface area (Å²) in [6.45, 7) is 1.64. The van der Waals surface area contributed by atoms with Gasteiger partial charge in [-0.2, -0.15) is 0 Å². The summed E-state index contributed by atoms with van der Waals surface area (Å²) in [5, 5.41) is 13.3. The smallest absolute Gasteiger partial charge is 0.291 e. The van der Waals surface area contributed by atoms with Crippen LogP contribution < -0.4 is 5.32 Å². The molecule has 0 unspecified atom stereocenters. The topological polar surface area (TPSA) is 85.4 Å². The van der Waals surface area contributed by atoms with Gasteiger partial charge in [0.05, 0.1) is 11.2 Å². The normalized spacial score (nSPS) is 10.1. The van der Waals surface area contributed by atoms with E-state index in [0.717, 1.165) is 0 Å². The first-order valence-corrected chi connectivity index (χ1v) is 5.18. The number of carbonyl (C=O) groups is 1. The predicted octanol–water partition coefficient (Wildman–Crippen LogP) is 2.75. The third-order valence-corrected chi connectivity index (χ3v) is 2.41. The van der Waals surface area contributed by atoms with Crippen molar-refractivity contribution >= 4 is 17.3 Å². The van der Waals surface area contributed by atoms with Gasteiger partial charge in [-0.3, -0.25) is 14.9 Å². The van der Waals surface area contributed by atoms with Crippen molar-refractivity contribution in [3.63, 3.8) is 0 Å². The molecule has 18 heavy (non-hydrogen) atoms. The average Bonchev–Trinajstić information content (AvgIpc) is 2.85. The Morgan fingerprint density at radius 3 is 2.78 bits per heavy atom. The number of benzene rings is 1. The number of furan rings is 1. The number of nitrogens with zero attached hydrogens (tertiary/aromatic N) is 1. The first kappa shape index (κ1) is 11.8. The minimum atomic E-state index is -0.488. The van der Waals surface area contributed by atoms with E-state index < -0.39 is 10.8 Å². The Morgan fingerprint density at radius 1 is 1.39 bits per heavy atom. The summed E-state index contributed by atoms with van der Waals surface area (Å²) < 4.78 is 4.92. The predicted molar refractivity (Wildman–Crippen MR) is 64.5 cm³/mol. The number of hydrogen-bond acceptors (Lipinski definition) is 4. The molecule has 1 aromatic heterocycles. The number of hydrogen-bond donors (Lipinski definition) is 1.